The largest absolute Gasteiger partial charge is 0.490 e. The molecular formula is C16H22INO. The number of benzene rings is 1. The van der Waals surface area contributed by atoms with Crippen LogP contribution in [0.1, 0.15) is 44.9 Å². The van der Waals surface area contributed by atoms with Crippen molar-refractivity contribution in [3.8, 4) is 5.75 Å². The molecular weight excluding hydrogens is 349 g/mol. The van der Waals surface area contributed by atoms with Crippen LogP contribution in [-0.4, -0.2) is 12.1 Å². The van der Waals surface area contributed by atoms with E-state index in [1.807, 2.05) is 0 Å². The fraction of sp³-hybridized carbons (Fsp3) is 0.625. The molecule has 0 aromatic heterocycles. The summed E-state index contributed by atoms with van der Waals surface area (Å²) in [5, 5.41) is 0. The zero-order valence-corrected chi connectivity index (χ0v) is 13.4. The third kappa shape index (κ3) is 2.64. The maximum atomic E-state index is 6.34. The summed E-state index contributed by atoms with van der Waals surface area (Å²) in [7, 11) is 0. The topological polar surface area (TPSA) is 35.2 Å². The molecule has 0 aliphatic heterocycles. The molecule has 2 unspecified atom stereocenters. The summed E-state index contributed by atoms with van der Waals surface area (Å²) in [4.78, 5) is 0. The number of hydrogen-bond donors (Lipinski definition) is 1. The van der Waals surface area contributed by atoms with E-state index in [2.05, 4.69) is 46.9 Å². The van der Waals surface area contributed by atoms with Gasteiger partial charge in [0.2, 0.25) is 0 Å². The highest BCUT2D eigenvalue weighted by Gasteiger charge is 2.54. The van der Waals surface area contributed by atoms with Crippen LogP contribution in [0.5, 0.6) is 5.75 Å². The van der Waals surface area contributed by atoms with E-state index < -0.39 is 0 Å². The predicted molar refractivity (Wildman–Crippen MR) is 86.3 cm³/mol. The van der Waals surface area contributed by atoms with Crippen LogP contribution in [0.15, 0.2) is 24.3 Å². The molecule has 1 spiro atoms. The van der Waals surface area contributed by atoms with E-state index in [1.165, 1.54) is 42.1 Å². The smallest absolute Gasteiger partial charge is 0.119 e. The second-order valence-electron chi connectivity index (χ2n) is 6.05. The highest BCUT2D eigenvalue weighted by atomic mass is 127. The van der Waals surface area contributed by atoms with Crippen LogP contribution in [0.2, 0.25) is 0 Å². The van der Waals surface area contributed by atoms with Crippen LogP contribution in [-0.2, 0) is 0 Å². The summed E-state index contributed by atoms with van der Waals surface area (Å²) < 4.78 is 7.49. The first kappa shape index (κ1) is 13.7. The van der Waals surface area contributed by atoms with E-state index in [0.29, 0.717) is 12.1 Å². The van der Waals surface area contributed by atoms with Gasteiger partial charge in [0.15, 0.2) is 0 Å². The van der Waals surface area contributed by atoms with Crippen molar-refractivity contribution >= 4 is 22.6 Å². The standard InChI is InChI=1S/C16H22INO/c17-12-5-7-13(8-6-12)19-15-11-14(18)16(15)9-3-1-2-4-10-16/h5-8,14-15H,1-4,9-11,18H2. The van der Waals surface area contributed by atoms with Crippen molar-refractivity contribution < 1.29 is 4.74 Å². The highest BCUT2D eigenvalue weighted by Crippen LogP contribution is 2.51. The van der Waals surface area contributed by atoms with E-state index in [0.717, 1.165) is 12.2 Å². The molecule has 3 rings (SSSR count). The molecule has 0 heterocycles. The van der Waals surface area contributed by atoms with Crippen molar-refractivity contribution in [2.45, 2.75) is 57.1 Å². The Balaban J connectivity index is 1.72. The van der Waals surface area contributed by atoms with Crippen molar-refractivity contribution in [3.63, 3.8) is 0 Å². The van der Waals surface area contributed by atoms with Crippen LogP contribution in [0.25, 0.3) is 0 Å². The Morgan fingerprint density at radius 1 is 1.05 bits per heavy atom. The SMILES string of the molecule is NC1CC(Oc2ccc(I)cc2)C12CCCCCC2. The highest BCUT2D eigenvalue weighted by molar-refractivity contribution is 14.1. The summed E-state index contributed by atoms with van der Waals surface area (Å²) in [6.07, 6.45) is 9.23. The van der Waals surface area contributed by atoms with Crippen molar-refractivity contribution in [1.29, 1.82) is 0 Å². The summed E-state index contributed by atoms with van der Waals surface area (Å²) in [5.74, 6) is 1.00. The average molecular weight is 371 g/mol. The quantitative estimate of drug-likeness (QED) is 0.795. The molecule has 0 saturated heterocycles. The number of hydrogen-bond acceptors (Lipinski definition) is 2. The van der Waals surface area contributed by atoms with Crippen LogP contribution >= 0.6 is 22.6 Å². The number of nitrogens with two attached hydrogens (primary N) is 1. The van der Waals surface area contributed by atoms with Crippen LogP contribution in [0.3, 0.4) is 0 Å². The Morgan fingerprint density at radius 3 is 2.26 bits per heavy atom. The second-order valence-corrected chi connectivity index (χ2v) is 7.30. The fourth-order valence-corrected chi connectivity index (χ4v) is 4.06. The van der Waals surface area contributed by atoms with Crippen LogP contribution in [0.4, 0.5) is 0 Å². The third-order valence-electron chi connectivity index (χ3n) is 4.97. The second kappa shape index (κ2) is 5.60. The van der Waals surface area contributed by atoms with Crippen molar-refractivity contribution in [2.24, 2.45) is 11.1 Å². The number of ether oxygens (including phenoxy) is 1. The molecule has 0 amide bonds. The van der Waals surface area contributed by atoms with Crippen LogP contribution in [0, 0.1) is 8.99 Å². The maximum absolute atomic E-state index is 6.34. The molecule has 0 bridgehead atoms. The van der Waals surface area contributed by atoms with Gasteiger partial charge in [-0.3, -0.25) is 0 Å². The zero-order chi connectivity index (χ0) is 13.3. The molecule has 1 aromatic rings. The first-order valence-corrected chi connectivity index (χ1v) is 8.46. The monoisotopic (exact) mass is 371 g/mol. The lowest BCUT2D eigenvalue weighted by atomic mass is 9.58. The van der Waals surface area contributed by atoms with Gasteiger partial charge in [0, 0.05) is 21.4 Å². The minimum atomic E-state index is 0.263. The van der Waals surface area contributed by atoms with E-state index in [4.69, 9.17) is 10.5 Å². The van der Waals surface area contributed by atoms with E-state index in [9.17, 15) is 0 Å². The number of rotatable bonds is 2. The van der Waals surface area contributed by atoms with Gasteiger partial charge in [-0.25, -0.2) is 0 Å². The maximum Gasteiger partial charge on any atom is 0.119 e. The molecule has 3 heteroatoms. The van der Waals surface area contributed by atoms with Crippen LogP contribution < -0.4 is 10.5 Å². The minimum absolute atomic E-state index is 0.263. The lowest BCUT2D eigenvalue weighted by Gasteiger charge is -2.54. The number of halogens is 1. The van der Waals surface area contributed by atoms with Gasteiger partial charge in [-0.1, -0.05) is 25.7 Å². The molecule has 0 radical (unpaired) electrons. The average Bonchev–Trinajstić information content (AvgIpc) is 2.68. The molecule has 2 aliphatic rings. The molecule has 2 atom stereocenters. The molecule has 2 saturated carbocycles. The first-order chi connectivity index (χ1) is 9.21. The first-order valence-electron chi connectivity index (χ1n) is 7.38. The molecule has 104 valence electrons. The lowest BCUT2D eigenvalue weighted by Crippen LogP contribution is -2.63. The Labute approximate surface area is 129 Å². The Kier molecular flexibility index (Phi) is 4.03. The molecule has 2 nitrogen and oxygen atoms in total. The predicted octanol–water partition coefficient (Wildman–Crippen LogP) is 4.11. The molecule has 2 fully saturated rings. The van der Waals surface area contributed by atoms with Gasteiger partial charge in [-0.2, -0.15) is 0 Å². The van der Waals surface area contributed by atoms with Crippen molar-refractivity contribution in [1.82, 2.24) is 0 Å². The normalized spacial score (nSPS) is 29.6. The molecule has 1 aromatic carbocycles. The summed E-state index contributed by atoms with van der Waals surface area (Å²) in [6.45, 7) is 0. The van der Waals surface area contributed by atoms with Gasteiger partial charge in [-0.05, 0) is 59.7 Å². The van der Waals surface area contributed by atoms with Gasteiger partial charge >= 0.3 is 0 Å². The molecule has 2 N–H and O–H groups in total. The molecule has 2 aliphatic carbocycles. The Morgan fingerprint density at radius 2 is 1.68 bits per heavy atom. The molecule has 19 heavy (non-hydrogen) atoms. The van der Waals surface area contributed by atoms with Gasteiger partial charge < -0.3 is 10.5 Å². The fourth-order valence-electron chi connectivity index (χ4n) is 3.70. The van der Waals surface area contributed by atoms with Gasteiger partial charge in [-0.15, -0.1) is 0 Å². The van der Waals surface area contributed by atoms with Gasteiger partial charge in [0.05, 0.1) is 0 Å². The van der Waals surface area contributed by atoms with E-state index in [1.54, 1.807) is 0 Å². The third-order valence-corrected chi connectivity index (χ3v) is 5.69. The van der Waals surface area contributed by atoms with E-state index >= 15 is 0 Å². The zero-order valence-electron chi connectivity index (χ0n) is 11.3. The Hall–Kier alpha value is -0.290. The minimum Gasteiger partial charge on any atom is -0.490 e. The summed E-state index contributed by atoms with van der Waals surface area (Å²) >= 11 is 2.32. The summed E-state index contributed by atoms with van der Waals surface area (Å²) in [6, 6.07) is 8.72. The van der Waals surface area contributed by atoms with E-state index in [-0.39, 0.29) is 5.41 Å². The summed E-state index contributed by atoms with van der Waals surface area (Å²) in [5.41, 5.74) is 6.61. The van der Waals surface area contributed by atoms with Crippen molar-refractivity contribution in [3.05, 3.63) is 27.8 Å². The Bertz CT molecular complexity index is 423. The van der Waals surface area contributed by atoms with Gasteiger partial charge in [0.1, 0.15) is 11.9 Å². The van der Waals surface area contributed by atoms with Gasteiger partial charge in [0.25, 0.3) is 0 Å². The van der Waals surface area contributed by atoms with Crippen molar-refractivity contribution in [2.75, 3.05) is 0 Å². The lowest BCUT2D eigenvalue weighted by molar-refractivity contribution is -0.0770.